The second-order valence-corrected chi connectivity index (χ2v) is 8.23. The third kappa shape index (κ3) is 4.03. The van der Waals surface area contributed by atoms with Crippen LogP contribution in [0.2, 0.25) is 0 Å². The van der Waals surface area contributed by atoms with Crippen molar-refractivity contribution in [2.75, 3.05) is 0 Å². The number of carbonyl (C=O) groups excluding carboxylic acids is 1. The Labute approximate surface area is 158 Å². The third-order valence-corrected chi connectivity index (χ3v) is 5.14. The molecule has 3 nitrogen and oxygen atoms in total. The molecule has 0 unspecified atom stereocenters. The van der Waals surface area contributed by atoms with Gasteiger partial charge in [-0.2, -0.15) is 0 Å². The Kier molecular flexibility index (Phi) is 6.33. The quantitative estimate of drug-likeness (QED) is 0.690. The number of nitrogens with two attached hydrogens (primary N) is 1. The lowest BCUT2D eigenvalue weighted by Crippen LogP contribution is -2.13. The number of benzene rings is 1. The Morgan fingerprint density at radius 2 is 1.69 bits per heavy atom. The predicted octanol–water partition coefficient (Wildman–Crippen LogP) is 5.61. The van der Waals surface area contributed by atoms with Crippen LogP contribution in [0.1, 0.15) is 81.2 Å². The van der Waals surface area contributed by atoms with Gasteiger partial charge in [-0.15, -0.1) is 0 Å². The predicted molar refractivity (Wildman–Crippen MR) is 111 cm³/mol. The van der Waals surface area contributed by atoms with E-state index >= 15 is 0 Å². The molecule has 2 rings (SSSR count). The van der Waals surface area contributed by atoms with E-state index in [4.69, 9.17) is 5.73 Å². The normalized spacial score (nSPS) is 11.8. The largest absolute Gasteiger partial charge is 0.366 e. The van der Waals surface area contributed by atoms with Gasteiger partial charge >= 0.3 is 0 Å². The zero-order valence-corrected chi connectivity index (χ0v) is 17.3. The summed E-state index contributed by atoms with van der Waals surface area (Å²) < 4.78 is 2.32. The first kappa shape index (κ1) is 20.3. The second kappa shape index (κ2) is 8.11. The number of nitrogens with zero attached hydrogens (tertiary/aromatic N) is 1. The Balaban J connectivity index is 2.66. The Morgan fingerprint density at radius 3 is 2.15 bits per heavy atom. The summed E-state index contributed by atoms with van der Waals surface area (Å²) in [6, 6.07) is 8.64. The highest BCUT2D eigenvalue weighted by atomic mass is 16.1. The number of hydrogen-bond donors (Lipinski definition) is 1. The van der Waals surface area contributed by atoms with Gasteiger partial charge in [0.2, 0.25) is 0 Å². The van der Waals surface area contributed by atoms with E-state index in [9.17, 15) is 4.79 Å². The molecule has 1 heterocycles. The fraction of sp³-hybridized carbons (Fsp3) is 0.522. The van der Waals surface area contributed by atoms with Crippen LogP contribution in [0.3, 0.4) is 0 Å². The van der Waals surface area contributed by atoms with Gasteiger partial charge in [-0.05, 0) is 36.3 Å². The SMILES string of the molecule is CCCCn1c(C)c(C(N)=O)c(-c2ccc(C(C)(C)C)cc2)c1CCC. The first-order valence-electron chi connectivity index (χ1n) is 9.85. The Hall–Kier alpha value is -2.03. The van der Waals surface area contributed by atoms with Gasteiger partial charge in [0.15, 0.2) is 0 Å². The molecule has 2 aromatic rings. The summed E-state index contributed by atoms with van der Waals surface area (Å²) in [4.78, 5) is 12.3. The van der Waals surface area contributed by atoms with Gasteiger partial charge in [-0.3, -0.25) is 4.79 Å². The molecule has 0 radical (unpaired) electrons. The molecular formula is C23H34N2O. The lowest BCUT2D eigenvalue weighted by atomic mass is 9.86. The summed E-state index contributed by atoms with van der Waals surface area (Å²) in [6.45, 7) is 14.0. The van der Waals surface area contributed by atoms with Crippen LogP contribution in [0.15, 0.2) is 24.3 Å². The van der Waals surface area contributed by atoms with Crippen molar-refractivity contribution in [1.82, 2.24) is 4.57 Å². The van der Waals surface area contributed by atoms with E-state index in [0.29, 0.717) is 5.56 Å². The lowest BCUT2D eigenvalue weighted by Gasteiger charge is -2.19. The van der Waals surface area contributed by atoms with E-state index in [1.54, 1.807) is 0 Å². The fourth-order valence-corrected chi connectivity index (χ4v) is 3.66. The van der Waals surface area contributed by atoms with E-state index in [1.165, 1.54) is 11.3 Å². The lowest BCUT2D eigenvalue weighted by molar-refractivity contribution is 0.1000. The molecule has 0 bridgehead atoms. The molecule has 0 spiro atoms. The van der Waals surface area contributed by atoms with Gasteiger partial charge in [-0.1, -0.05) is 71.7 Å². The summed E-state index contributed by atoms with van der Waals surface area (Å²) in [5.74, 6) is -0.329. The van der Waals surface area contributed by atoms with E-state index in [2.05, 4.69) is 63.5 Å². The molecule has 2 N–H and O–H groups in total. The van der Waals surface area contributed by atoms with Crippen LogP contribution in [-0.4, -0.2) is 10.5 Å². The topological polar surface area (TPSA) is 48.0 Å². The highest BCUT2D eigenvalue weighted by Gasteiger charge is 2.24. The fourth-order valence-electron chi connectivity index (χ4n) is 3.66. The van der Waals surface area contributed by atoms with Gasteiger partial charge in [0.25, 0.3) is 5.91 Å². The van der Waals surface area contributed by atoms with Gasteiger partial charge in [0, 0.05) is 23.5 Å². The Bertz CT molecular complexity index is 761. The van der Waals surface area contributed by atoms with Gasteiger partial charge in [0.1, 0.15) is 0 Å². The smallest absolute Gasteiger partial charge is 0.251 e. The summed E-state index contributed by atoms with van der Waals surface area (Å²) >= 11 is 0. The number of aromatic nitrogens is 1. The zero-order chi connectivity index (χ0) is 19.5. The van der Waals surface area contributed by atoms with Crippen molar-refractivity contribution in [2.24, 2.45) is 5.73 Å². The number of hydrogen-bond acceptors (Lipinski definition) is 1. The summed E-state index contributed by atoms with van der Waals surface area (Å²) in [5.41, 5.74) is 12.3. The number of amides is 1. The maximum absolute atomic E-state index is 12.3. The summed E-state index contributed by atoms with van der Waals surface area (Å²) in [6.07, 6.45) is 4.23. The standard InChI is InChI=1S/C23H34N2O/c1-7-9-15-25-16(3)20(22(24)26)21(19(25)10-8-2)17-11-13-18(14-12-17)23(4,5)6/h11-14H,7-10,15H2,1-6H3,(H2,24,26). The molecule has 0 aliphatic carbocycles. The van der Waals surface area contributed by atoms with Crippen LogP contribution < -0.4 is 5.73 Å². The molecule has 0 fully saturated rings. The second-order valence-electron chi connectivity index (χ2n) is 8.23. The average Bonchev–Trinajstić information content (AvgIpc) is 2.85. The molecule has 0 aliphatic rings. The minimum Gasteiger partial charge on any atom is -0.366 e. The van der Waals surface area contributed by atoms with Crippen molar-refractivity contribution in [3.8, 4) is 11.1 Å². The third-order valence-electron chi connectivity index (χ3n) is 5.14. The molecule has 0 saturated heterocycles. The minimum atomic E-state index is -0.329. The van der Waals surface area contributed by atoms with Crippen molar-refractivity contribution in [2.45, 2.75) is 79.2 Å². The monoisotopic (exact) mass is 354 g/mol. The number of unbranched alkanes of at least 4 members (excludes halogenated alkanes) is 1. The molecule has 1 amide bonds. The average molecular weight is 355 g/mol. The van der Waals surface area contributed by atoms with Gasteiger partial charge in [-0.25, -0.2) is 0 Å². The summed E-state index contributed by atoms with van der Waals surface area (Å²) in [5, 5.41) is 0. The summed E-state index contributed by atoms with van der Waals surface area (Å²) in [7, 11) is 0. The van der Waals surface area contributed by atoms with Crippen molar-refractivity contribution in [1.29, 1.82) is 0 Å². The molecule has 0 saturated carbocycles. The van der Waals surface area contributed by atoms with Crippen LogP contribution in [0, 0.1) is 6.92 Å². The zero-order valence-electron chi connectivity index (χ0n) is 17.3. The van der Waals surface area contributed by atoms with Crippen LogP contribution in [0.5, 0.6) is 0 Å². The van der Waals surface area contributed by atoms with Crippen molar-refractivity contribution < 1.29 is 4.79 Å². The highest BCUT2D eigenvalue weighted by molar-refractivity contribution is 6.02. The van der Waals surface area contributed by atoms with Crippen molar-refractivity contribution >= 4 is 5.91 Å². The van der Waals surface area contributed by atoms with E-state index in [1.807, 2.05) is 6.92 Å². The number of rotatable bonds is 7. The molecule has 1 aromatic carbocycles. The van der Waals surface area contributed by atoms with Crippen molar-refractivity contribution in [3.05, 3.63) is 46.8 Å². The molecule has 0 atom stereocenters. The van der Waals surface area contributed by atoms with Gasteiger partial charge in [0.05, 0.1) is 5.56 Å². The van der Waals surface area contributed by atoms with E-state index in [-0.39, 0.29) is 11.3 Å². The first-order valence-corrected chi connectivity index (χ1v) is 9.85. The number of primary amides is 1. The molecule has 142 valence electrons. The maximum atomic E-state index is 12.3. The number of carbonyl (C=O) groups is 1. The van der Waals surface area contributed by atoms with Crippen molar-refractivity contribution in [3.63, 3.8) is 0 Å². The van der Waals surface area contributed by atoms with E-state index < -0.39 is 0 Å². The van der Waals surface area contributed by atoms with E-state index in [0.717, 1.165) is 49.0 Å². The van der Waals surface area contributed by atoms with Crippen LogP contribution in [-0.2, 0) is 18.4 Å². The van der Waals surface area contributed by atoms with Crippen LogP contribution >= 0.6 is 0 Å². The van der Waals surface area contributed by atoms with Gasteiger partial charge < -0.3 is 10.3 Å². The highest BCUT2D eigenvalue weighted by Crippen LogP contribution is 2.35. The molecule has 26 heavy (non-hydrogen) atoms. The Morgan fingerprint density at radius 1 is 1.08 bits per heavy atom. The molecule has 3 heteroatoms. The van der Waals surface area contributed by atoms with Crippen LogP contribution in [0.25, 0.3) is 11.1 Å². The molecule has 1 aromatic heterocycles. The molecular weight excluding hydrogens is 320 g/mol. The van der Waals surface area contributed by atoms with Crippen LogP contribution in [0.4, 0.5) is 0 Å². The maximum Gasteiger partial charge on any atom is 0.251 e. The minimum absolute atomic E-state index is 0.111. The first-order chi connectivity index (χ1) is 12.2. The molecule has 0 aliphatic heterocycles.